The molecule has 2 N–H and O–H groups in total. The van der Waals surface area contributed by atoms with Gasteiger partial charge in [-0.1, -0.05) is 121 Å². The fourth-order valence-electron chi connectivity index (χ4n) is 8.83. The summed E-state index contributed by atoms with van der Waals surface area (Å²) < 4.78 is 38.8. The molecule has 11 heteroatoms. The maximum Gasteiger partial charge on any atom is 0.206 e. The van der Waals surface area contributed by atoms with Gasteiger partial charge in [0.25, 0.3) is 0 Å². The largest absolute Gasteiger partial charge is 0.491 e. The number of β-amino-alcohol motifs (C(OH)–C–C–N with tert-alkyl or cyclic N) is 2. The molecular weight excluding hydrogens is 809 g/mol. The lowest BCUT2D eigenvalue weighted by molar-refractivity contribution is 0.0400. The van der Waals surface area contributed by atoms with Crippen LogP contribution in [0.2, 0.25) is 0 Å². The van der Waals surface area contributed by atoms with Gasteiger partial charge in [0.2, 0.25) is 9.84 Å². The average molecular weight is 867 g/mol. The topological polar surface area (TPSA) is 106 Å². The number of rotatable bonds is 18. The van der Waals surface area contributed by atoms with E-state index in [4.69, 9.17) is 9.47 Å². The zero-order chi connectivity index (χ0) is 43.4. The van der Waals surface area contributed by atoms with Crippen LogP contribution in [0.5, 0.6) is 11.5 Å². The van der Waals surface area contributed by atoms with Gasteiger partial charge in [0.1, 0.15) is 36.9 Å². The predicted octanol–water partition coefficient (Wildman–Crippen LogP) is 6.81. The molecule has 10 nitrogen and oxygen atoms in total. The molecule has 328 valence electrons. The van der Waals surface area contributed by atoms with E-state index < -0.39 is 22.0 Å². The molecule has 63 heavy (non-hydrogen) atoms. The zero-order valence-corrected chi connectivity index (χ0v) is 36.5. The molecule has 2 saturated heterocycles. The fraction of sp³-hybridized carbons (Fsp3) is 0.308. The highest BCUT2D eigenvalue weighted by Gasteiger charge is 2.29. The van der Waals surface area contributed by atoms with E-state index in [1.165, 1.54) is 46.5 Å². The average Bonchev–Trinajstić information content (AvgIpc) is 3.33. The molecule has 8 rings (SSSR count). The number of hydrogen-bond acceptors (Lipinski definition) is 10. The molecule has 0 unspecified atom stereocenters. The number of hydrogen-bond donors (Lipinski definition) is 2. The van der Waals surface area contributed by atoms with Crippen LogP contribution < -0.4 is 9.47 Å². The lowest BCUT2D eigenvalue weighted by Gasteiger charge is -2.40. The van der Waals surface area contributed by atoms with Crippen LogP contribution in [-0.2, 0) is 9.84 Å². The Bertz CT molecular complexity index is 2140. The van der Waals surface area contributed by atoms with Crippen molar-refractivity contribution < 1.29 is 28.1 Å². The van der Waals surface area contributed by atoms with Gasteiger partial charge in [-0.3, -0.25) is 19.6 Å². The van der Waals surface area contributed by atoms with Crippen molar-refractivity contribution in [2.45, 2.75) is 34.1 Å². The first kappa shape index (κ1) is 44.2. The number of sulfone groups is 1. The minimum atomic E-state index is -3.80. The molecule has 0 radical (unpaired) electrons. The zero-order valence-electron chi connectivity index (χ0n) is 35.7. The Kier molecular flexibility index (Phi) is 15.0. The van der Waals surface area contributed by atoms with Crippen LogP contribution in [0, 0.1) is 0 Å². The Morgan fingerprint density at radius 2 is 0.698 bits per heavy atom. The highest BCUT2D eigenvalue weighted by molar-refractivity contribution is 7.91. The molecule has 0 bridgehead atoms. The first-order valence-corrected chi connectivity index (χ1v) is 23.5. The van der Waals surface area contributed by atoms with E-state index in [-0.39, 0.29) is 35.1 Å². The minimum Gasteiger partial charge on any atom is -0.491 e. The predicted molar refractivity (Wildman–Crippen MR) is 247 cm³/mol. The van der Waals surface area contributed by atoms with Crippen LogP contribution >= 0.6 is 0 Å². The highest BCUT2D eigenvalue weighted by Crippen LogP contribution is 2.31. The number of piperazine rings is 2. The number of aliphatic hydroxyl groups excluding tert-OH is 2. The molecule has 6 aromatic carbocycles. The Balaban J connectivity index is 0.759. The molecule has 0 amide bonds. The normalized spacial score (nSPS) is 16.8. The smallest absolute Gasteiger partial charge is 0.206 e. The van der Waals surface area contributed by atoms with E-state index in [9.17, 15) is 18.6 Å². The summed E-state index contributed by atoms with van der Waals surface area (Å²) in [5, 5.41) is 21.8. The third-order valence-corrected chi connectivity index (χ3v) is 13.9. The lowest BCUT2D eigenvalue weighted by atomic mass is 9.96. The molecular formula is C52H58N4O6S. The Morgan fingerprint density at radius 1 is 0.413 bits per heavy atom. The van der Waals surface area contributed by atoms with Gasteiger partial charge in [-0.15, -0.1) is 0 Å². The van der Waals surface area contributed by atoms with E-state index >= 15 is 0 Å². The summed E-state index contributed by atoms with van der Waals surface area (Å²) in [6, 6.07) is 55.3. The van der Waals surface area contributed by atoms with E-state index in [0.29, 0.717) is 24.6 Å². The Hall–Kier alpha value is -5.37. The second-order valence-electron chi connectivity index (χ2n) is 16.5. The van der Waals surface area contributed by atoms with Crippen molar-refractivity contribution in [2.24, 2.45) is 0 Å². The van der Waals surface area contributed by atoms with E-state index in [1.54, 1.807) is 24.3 Å². The van der Waals surface area contributed by atoms with Crippen LogP contribution in [0.4, 0.5) is 0 Å². The number of nitrogens with zero attached hydrogens (tertiary/aromatic N) is 4. The van der Waals surface area contributed by atoms with Crippen LogP contribution in [0.15, 0.2) is 180 Å². The van der Waals surface area contributed by atoms with Gasteiger partial charge in [0, 0.05) is 65.4 Å². The van der Waals surface area contributed by atoms with Crippen LogP contribution in [-0.4, -0.2) is 129 Å². The third kappa shape index (κ3) is 11.6. The van der Waals surface area contributed by atoms with E-state index in [1.807, 2.05) is 24.3 Å². The molecule has 2 aliphatic heterocycles. The molecule has 2 heterocycles. The molecule has 0 aliphatic carbocycles. The summed E-state index contributed by atoms with van der Waals surface area (Å²) in [6.07, 6.45) is -1.40. The van der Waals surface area contributed by atoms with Gasteiger partial charge in [-0.05, 0) is 70.8 Å². The van der Waals surface area contributed by atoms with Gasteiger partial charge in [-0.2, -0.15) is 0 Å². The summed E-state index contributed by atoms with van der Waals surface area (Å²) in [5.74, 6) is 0.971. The molecule has 2 fully saturated rings. The lowest BCUT2D eigenvalue weighted by Crippen LogP contribution is -2.50. The van der Waals surface area contributed by atoms with Crippen LogP contribution in [0.1, 0.15) is 34.3 Å². The van der Waals surface area contributed by atoms with Gasteiger partial charge in [-0.25, -0.2) is 8.42 Å². The first-order chi connectivity index (χ1) is 30.8. The van der Waals surface area contributed by atoms with Gasteiger partial charge < -0.3 is 19.7 Å². The van der Waals surface area contributed by atoms with Crippen molar-refractivity contribution >= 4 is 9.84 Å². The second kappa shape index (κ2) is 21.3. The van der Waals surface area contributed by atoms with Gasteiger partial charge in [0.05, 0.1) is 21.9 Å². The molecule has 6 aromatic rings. The monoisotopic (exact) mass is 866 g/mol. The molecule has 0 saturated carbocycles. The molecule has 2 aliphatic rings. The number of benzene rings is 6. The first-order valence-electron chi connectivity index (χ1n) is 22.0. The standard InChI is InChI=1S/C52H58N4O6S/c57-45(37-53-29-33-55(34-30-53)51(41-13-5-1-6-14-41)42-15-7-2-8-16-42)39-61-47-21-25-49(26-22-47)63(59,60)50-27-23-48(24-28-50)62-40-46(58)38-54-31-35-56(36-32-54)52(43-17-9-3-10-18-43)44-19-11-4-12-20-44/h1-28,45-46,51-52,57-58H,29-40H2/t45-,46-/m1/s1. The van der Waals surface area contributed by atoms with Crippen molar-refractivity contribution in [3.8, 4) is 11.5 Å². The van der Waals surface area contributed by atoms with Crippen LogP contribution in [0.25, 0.3) is 0 Å². The summed E-state index contributed by atoms with van der Waals surface area (Å²) in [6.45, 7) is 8.01. The van der Waals surface area contributed by atoms with E-state index in [2.05, 4.69) is 117 Å². The van der Waals surface area contributed by atoms with Crippen molar-refractivity contribution in [1.29, 1.82) is 0 Å². The van der Waals surface area contributed by atoms with Crippen LogP contribution in [0.3, 0.4) is 0 Å². The SMILES string of the molecule is O=S(=O)(c1ccc(OC[C@H](O)CN2CCN(C(c3ccccc3)c3ccccc3)CC2)cc1)c1ccc(OC[C@H](O)CN2CCN(C(c3ccccc3)c3ccccc3)CC2)cc1. The van der Waals surface area contributed by atoms with Gasteiger partial charge >= 0.3 is 0 Å². The maximum atomic E-state index is 13.5. The van der Waals surface area contributed by atoms with Gasteiger partial charge in [0.15, 0.2) is 0 Å². The number of ether oxygens (including phenoxy) is 2. The Morgan fingerprint density at radius 3 is 0.984 bits per heavy atom. The summed E-state index contributed by atoms with van der Waals surface area (Å²) in [5.41, 5.74) is 5.09. The number of aliphatic hydroxyl groups is 2. The summed E-state index contributed by atoms with van der Waals surface area (Å²) >= 11 is 0. The fourth-order valence-corrected chi connectivity index (χ4v) is 10.1. The van der Waals surface area contributed by atoms with Crippen molar-refractivity contribution in [3.05, 3.63) is 192 Å². The van der Waals surface area contributed by atoms with Crippen molar-refractivity contribution in [1.82, 2.24) is 19.6 Å². The van der Waals surface area contributed by atoms with E-state index in [0.717, 1.165) is 52.4 Å². The van der Waals surface area contributed by atoms with Crippen molar-refractivity contribution in [3.63, 3.8) is 0 Å². The minimum absolute atomic E-state index is 0.0969. The maximum absolute atomic E-state index is 13.5. The second-order valence-corrected chi connectivity index (χ2v) is 18.4. The van der Waals surface area contributed by atoms with Crippen molar-refractivity contribution in [2.75, 3.05) is 78.7 Å². The molecule has 2 atom stereocenters. The molecule has 0 aromatic heterocycles. The summed E-state index contributed by atoms with van der Waals surface area (Å²) in [7, 11) is -3.80. The highest BCUT2D eigenvalue weighted by atomic mass is 32.2. The quantitative estimate of drug-likeness (QED) is 0.0958. The molecule has 0 spiro atoms. The Labute approximate surface area is 372 Å². The third-order valence-electron chi connectivity index (χ3n) is 12.1. The summed E-state index contributed by atoms with van der Waals surface area (Å²) in [4.78, 5) is 9.82.